The van der Waals surface area contributed by atoms with Crippen molar-refractivity contribution in [1.29, 1.82) is 0 Å². The predicted octanol–water partition coefficient (Wildman–Crippen LogP) is -0.0732. The molecule has 9 heteroatoms. The molecule has 0 aliphatic carbocycles. The predicted molar refractivity (Wildman–Crippen MR) is 82.4 cm³/mol. The number of rotatable bonds is 5. The van der Waals surface area contributed by atoms with Crippen LogP contribution in [0.5, 0.6) is 5.75 Å². The van der Waals surface area contributed by atoms with Crippen molar-refractivity contribution in [2.24, 2.45) is 5.73 Å². The van der Waals surface area contributed by atoms with Crippen LogP contribution in [0.4, 0.5) is 0 Å². The highest BCUT2D eigenvalue weighted by Crippen LogP contribution is 2.16. The van der Waals surface area contributed by atoms with Crippen LogP contribution < -0.4 is 10.4 Å². The summed E-state index contributed by atoms with van der Waals surface area (Å²) in [5.41, 5.74) is 7.56. The van der Waals surface area contributed by atoms with E-state index >= 15 is 0 Å². The summed E-state index contributed by atoms with van der Waals surface area (Å²) in [6.07, 6.45) is 1.63. The maximum absolute atomic E-state index is 11.1. The fraction of sp³-hybridized carbons (Fsp3) is 0.0714. The molecule has 4 N–H and O–H groups in total. The number of fused-ring (bicyclic) bond motifs is 1. The van der Waals surface area contributed by atoms with Crippen molar-refractivity contribution in [2.45, 2.75) is 6.54 Å². The lowest BCUT2D eigenvalue weighted by molar-refractivity contribution is 0.0996. The molecule has 0 aliphatic rings. The zero-order valence-electron chi connectivity index (χ0n) is 12.0. The molecule has 0 fully saturated rings. The minimum Gasteiger partial charge on any atom is -0.512 e. The molecular formula is C14H13BN4O4. The van der Waals surface area contributed by atoms with Gasteiger partial charge in [-0.15, -0.1) is 0 Å². The number of nitrogens with zero attached hydrogens (tertiary/aromatic N) is 3. The highest BCUT2D eigenvalue weighted by atomic mass is 16.6. The summed E-state index contributed by atoms with van der Waals surface area (Å²) in [6.45, 7) is 0.538. The molecule has 8 nitrogen and oxygen atoms in total. The van der Waals surface area contributed by atoms with Crippen molar-refractivity contribution in [3.63, 3.8) is 0 Å². The second-order valence-corrected chi connectivity index (χ2v) is 4.86. The molecule has 3 aromatic rings. The molecule has 0 radical (unpaired) electrons. The average molecular weight is 312 g/mol. The summed E-state index contributed by atoms with van der Waals surface area (Å²) >= 11 is 0. The SMILES string of the molecule is NC(=O)c1ccc2c(ncn2Cc2ccc(OB(O)O)cc2)n1. The van der Waals surface area contributed by atoms with E-state index in [2.05, 4.69) is 9.97 Å². The molecule has 2 heterocycles. The third kappa shape index (κ3) is 3.30. The Bertz CT molecular complexity index is 848. The highest BCUT2D eigenvalue weighted by molar-refractivity contribution is 6.33. The zero-order chi connectivity index (χ0) is 16.4. The van der Waals surface area contributed by atoms with Gasteiger partial charge in [-0.1, -0.05) is 12.1 Å². The summed E-state index contributed by atoms with van der Waals surface area (Å²) in [5.74, 6) is -0.241. The molecule has 1 aromatic carbocycles. The molecule has 0 bridgehead atoms. The van der Waals surface area contributed by atoms with Crippen molar-refractivity contribution in [1.82, 2.24) is 14.5 Å². The van der Waals surface area contributed by atoms with Crippen LogP contribution in [0.15, 0.2) is 42.7 Å². The lowest BCUT2D eigenvalue weighted by atomic mass is 10.2. The molecule has 0 atom stereocenters. The van der Waals surface area contributed by atoms with Crippen LogP contribution in [0.1, 0.15) is 16.1 Å². The number of imidazole rings is 1. The van der Waals surface area contributed by atoms with Crippen LogP contribution in [0.2, 0.25) is 0 Å². The quantitative estimate of drug-likeness (QED) is 0.566. The van der Waals surface area contributed by atoms with E-state index in [9.17, 15) is 4.79 Å². The Hall–Kier alpha value is -2.91. The molecule has 0 spiro atoms. The van der Waals surface area contributed by atoms with Crippen molar-refractivity contribution in [2.75, 3.05) is 0 Å². The van der Waals surface area contributed by atoms with Gasteiger partial charge in [0.05, 0.1) is 11.8 Å². The van der Waals surface area contributed by atoms with E-state index in [4.69, 9.17) is 20.4 Å². The molecule has 3 rings (SSSR count). The van der Waals surface area contributed by atoms with Crippen LogP contribution in [0, 0.1) is 0 Å². The first kappa shape index (κ1) is 15.0. The number of carbonyl (C=O) groups is 1. The summed E-state index contributed by atoms with van der Waals surface area (Å²) in [5, 5.41) is 17.5. The Morgan fingerprint density at radius 2 is 1.96 bits per heavy atom. The second-order valence-electron chi connectivity index (χ2n) is 4.86. The smallest absolute Gasteiger partial charge is 0.512 e. The maximum atomic E-state index is 11.1. The lowest BCUT2D eigenvalue weighted by Gasteiger charge is -2.07. The normalized spacial score (nSPS) is 10.7. The number of pyridine rings is 1. The molecule has 1 amide bonds. The Balaban J connectivity index is 1.82. The van der Waals surface area contributed by atoms with E-state index in [-0.39, 0.29) is 5.69 Å². The molecule has 23 heavy (non-hydrogen) atoms. The standard InChI is InChI=1S/C14H13BN4O4/c16-13(20)11-5-6-12-14(18-11)17-8-19(12)7-9-1-3-10(4-2-9)23-15(21)22/h1-6,8,21-22H,7H2,(H2,16,20). The minimum absolute atomic E-state index is 0.173. The molecule has 0 unspecified atom stereocenters. The number of primary amides is 1. The van der Waals surface area contributed by atoms with Gasteiger partial charge in [0.25, 0.3) is 5.91 Å². The van der Waals surface area contributed by atoms with Gasteiger partial charge in [0.15, 0.2) is 5.65 Å². The minimum atomic E-state index is -1.84. The summed E-state index contributed by atoms with van der Waals surface area (Å²) in [4.78, 5) is 19.4. The van der Waals surface area contributed by atoms with E-state index in [1.807, 2.05) is 4.57 Å². The van der Waals surface area contributed by atoms with Gasteiger partial charge in [-0.05, 0) is 29.8 Å². The van der Waals surface area contributed by atoms with Gasteiger partial charge in [0.2, 0.25) is 0 Å². The first-order valence-electron chi connectivity index (χ1n) is 6.76. The van der Waals surface area contributed by atoms with E-state index < -0.39 is 13.2 Å². The second kappa shape index (κ2) is 6.07. The number of hydrogen-bond donors (Lipinski definition) is 3. The number of nitrogens with two attached hydrogens (primary N) is 1. The fourth-order valence-corrected chi connectivity index (χ4v) is 2.20. The molecule has 0 aliphatic heterocycles. The van der Waals surface area contributed by atoms with Gasteiger partial charge in [0.1, 0.15) is 11.4 Å². The van der Waals surface area contributed by atoms with Crippen LogP contribution in [-0.4, -0.2) is 37.8 Å². The topological polar surface area (TPSA) is 123 Å². The molecular weight excluding hydrogens is 299 g/mol. The Kier molecular flexibility index (Phi) is 3.96. The molecule has 0 saturated heterocycles. The number of carbonyl (C=O) groups excluding carboxylic acids is 1. The Labute approximate surface area is 131 Å². The van der Waals surface area contributed by atoms with Crippen LogP contribution in [-0.2, 0) is 6.54 Å². The van der Waals surface area contributed by atoms with Crippen LogP contribution in [0.3, 0.4) is 0 Å². The van der Waals surface area contributed by atoms with E-state index in [0.717, 1.165) is 11.1 Å². The van der Waals surface area contributed by atoms with Gasteiger partial charge >= 0.3 is 7.32 Å². The highest BCUT2D eigenvalue weighted by Gasteiger charge is 2.11. The average Bonchev–Trinajstić information content (AvgIpc) is 2.91. The maximum Gasteiger partial charge on any atom is 0.707 e. The number of amides is 1. The van der Waals surface area contributed by atoms with Gasteiger partial charge in [-0.3, -0.25) is 4.79 Å². The number of hydrogen-bond acceptors (Lipinski definition) is 6. The Morgan fingerprint density at radius 3 is 2.61 bits per heavy atom. The fourth-order valence-electron chi connectivity index (χ4n) is 2.20. The van der Waals surface area contributed by atoms with Gasteiger partial charge in [0, 0.05) is 6.54 Å². The van der Waals surface area contributed by atoms with Crippen molar-refractivity contribution >= 4 is 24.4 Å². The Morgan fingerprint density at radius 1 is 1.22 bits per heavy atom. The monoisotopic (exact) mass is 312 g/mol. The van der Waals surface area contributed by atoms with Crippen molar-refractivity contribution in [3.8, 4) is 5.75 Å². The third-order valence-electron chi connectivity index (χ3n) is 3.25. The number of benzene rings is 1. The first-order valence-corrected chi connectivity index (χ1v) is 6.76. The molecule has 116 valence electrons. The van der Waals surface area contributed by atoms with Crippen LogP contribution >= 0.6 is 0 Å². The van der Waals surface area contributed by atoms with Gasteiger partial charge in [-0.2, -0.15) is 0 Å². The summed E-state index contributed by atoms with van der Waals surface area (Å²) in [7, 11) is -1.84. The zero-order valence-corrected chi connectivity index (χ0v) is 12.0. The summed E-state index contributed by atoms with van der Waals surface area (Å²) < 4.78 is 6.63. The largest absolute Gasteiger partial charge is 0.707 e. The first-order chi connectivity index (χ1) is 11.0. The van der Waals surface area contributed by atoms with Crippen LogP contribution in [0.25, 0.3) is 11.2 Å². The van der Waals surface area contributed by atoms with E-state index in [1.165, 1.54) is 0 Å². The molecule has 2 aromatic heterocycles. The summed E-state index contributed by atoms with van der Waals surface area (Å²) in [6, 6.07) is 10.2. The third-order valence-corrected chi connectivity index (χ3v) is 3.25. The molecule has 0 saturated carbocycles. The van der Waals surface area contributed by atoms with Crippen molar-refractivity contribution < 1.29 is 19.5 Å². The van der Waals surface area contributed by atoms with Gasteiger partial charge in [-0.25, -0.2) is 9.97 Å². The van der Waals surface area contributed by atoms with E-state index in [0.29, 0.717) is 17.9 Å². The lowest BCUT2D eigenvalue weighted by Crippen LogP contribution is -2.20. The van der Waals surface area contributed by atoms with Crippen molar-refractivity contribution in [3.05, 3.63) is 54.0 Å². The van der Waals surface area contributed by atoms with E-state index in [1.54, 1.807) is 42.7 Å². The van der Waals surface area contributed by atoms with Gasteiger partial charge < -0.3 is 25.0 Å². The number of aromatic nitrogens is 3.